The van der Waals surface area contributed by atoms with Crippen molar-refractivity contribution in [2.75, 3.05) is 19.6 Å². The molecule has 0 spiro atoms. The maximum atomic E-state index is 12.5. The number of nitro benzene ring substituents is 1. The van der Waals surface area contributed by atoms with E-state index < -0.39 is 10.8 Å². The average molecular weight is 381 g/mol. The summed E-state index contributed by atoms with van der Waals surface area (Å²) in [4.78, 5) is 38.9. The molecule has 0 radical (unpaired) electrons. The van der Waals surface area contributed by atoms with Crippen LogP contribution in [0.15, 0.2) is 48.5 Å². The van der Waals surface area contributed by atoms with E-state index in [1.165, 1.54) is 28.7 Å². The first kappa shape index (κ1) is 19.7. The third kappa shape index (κ3) is 4.26. The van der Waals surface area contributed by atoms with Crippen molar-refractivity contribution >= 4 is 17.5 Å². The molecule has 1 aliphatic rings. The van der Waals surface area contributed by atoms with Crippen molar-refractivity contribution in [1.29, 1.82) is 0 Å². The van der Waals surface area contributed by atoms with Crippen LogP contribution in [0.3, 0.4) is 0 Å². The fourth-order valence-corrected chi connectivity index (χ4v) is 3.48. The van der Waals surface area contributed by atoms with E-state index in [9.17, 15) is 19.7 Å². The zero-order chi connectivity index (χ0) is 20.1. The predicted octanol–water partition coefficient (Wildman–Crippen LogP) is 3.49. The molecule has 2 aromatic rings. The lowest BCUT2D eigenvalue weighted by Gasteiger charge is -2.23. The number of hydrogen-bond donors (Lipinski definition) is 0. The molecule has 2 amide bonds. The van der Waals surface area contributed by atoms with Gasteiger partial charge >= 0.3 is 0 Å². The Labute approximate surface area is 163 Å². The van der Waals surface area contributed by atoms with E-state index in [0.29, 0.717) is 13.0 Å². The molecule has 0 fully saturated rings. The fraction of sp³-hybridized carbons (Fsp3) is 0.333. The minimum atomic E-state index is -0.563. The summed E-state index contributed by atoms with van der Waals surface area (Å²) in [5.74, 6) is -0.825. The van der Waals surface area contributed by atoms with Crippen molar-refractivity contribution in [2.24, 2.45) is 0 Å². The molecule has 0 saturated heterocycles. The van der Waals surface area contributed by atoms with Gasteiger partial charge in [0.1, 0.15) is 0 Å². The maximum absolute atomic E-state index is 12.5. The SMILES string of the molecule is CCCN(CCCN1C(=O)c2ccc([N+](=O)[O-])cc2C1=O)Cc1ccccc1. The molecule has 0 atom stereocenters. The summed E-state index contributed by atoms with van der Waals surface area (Å²) in [5, 5.41) is 10.9. The third-order valence-electron chi connectivity index (χ3n) is 4.81. The van der Waals surface area contributed by atoms with Gasteiger partial charge < -0.3 is 0 Å². The summed E-state index contributed by atoms with van der Waals surface area (Å²) in [7, 11) is 0. The first-order chi connectivity index (χ1) is 13.5. The number of carbonyl (C=O) groups excluding carboxylic acids is 2. The average Bonchev–Trinajstić information content (AvgIpc) is 2.93. The van der Waals surface area contributed by atoms with Crippen LogP contribution in [0.5, 0.6) is 0 Å². The monoisotopic (exact) mass is 381 g/mol. The molecule has 0 aliphatic carbocycles. The van der Waals surface area contributed by atoms with Gasteiger partial charge in [0.15, 0.2) is 0 Å². The lowest BCUT2D eigenvalue weighted by molar-refractivity contribution is -0.384. The molecule has 28 heavy (non-hydrogen) atoms. The van der Waals surface area contributed by atoms with Crippen molar-refractivity contribution in [3.8, 4) is 0 Å². The van der Waals surface area contributed by atoms with Crippen molar-refractivity contribution in [2.45, 2.75) is 26.3 Å². The highest BCUT2D eigenvalue weighted by Gasteiger charge is 2.36. The largest absolute Gasteiger partial charge is 0.299 e. The number of fused-ring (bicyclic) bond motifs is 1. The normalized spacial score (nSPS) is 13.3. The van der Waals surface area contributed by atoms with Crippen LogP contribution < -0.4 is 0 Å². The van der Waals surface area contributed by atoms with Gasteiger partial charge in [-0.05, 0) is 31.0 Å². The number of non-ortho nitro benzene ring substituents is 1. The molecule has 2 aromatic carbocycles. The van der Waals surface area contributed by atoms with Crippen LogP contribution in [0.4, 0.5) is 5.69 Å². The summed E-state index contributed by atoms with van der Waals surface area (Å²) in [6.07, 6.45) is 1.67. The van der Waals surface area contributed by atoms with Gasteiger partial charge in [-0.1, -0.05) is 37.3 Å². The topological polar surface area (TPSA) is 83.8 Å². The number of rotatable bonds is 9. The van der Waals surface area contributed by atoms with E-state index in [4.69, 9.17) is 0 Å². The Balaban J connectivity index is 1.61. The van der Waals surface area contributed by atoms with E-state index in [1.807, 2.05) is 18.2 Å². The highest BCUT2D eigenvalue weighted by Crippen LogP contribution is 2.26. The second-order valence-corrected chi connectivity index (χ2v) is 6.86. The van der Waals surface area contributed by atoms with Crippen LogP contribution in [-0.4, -0.2) is 46.2 Å². The van der Waals surface area contributed by atoms with E-state index >= 15 is 0 Å². The maximum Gasteiger partial charge on any atom is 0.270 e. The van der Waals surface area contributed by atoms with Crippen LogP contribution in [0.25, 0.3) is 0 Å². The van der Waals surface area contributed by atoms with Gasteiger partial charge in [0.25, 0.3) is 17.5 Å². The Kier molecular flexibility index (Phi) is 6.16. The van der Waals surface area contributed by atoms with Gasteiger partial charge in [-0.25, -0.2) is 0 Å². The Bertz CT molecular complexity index is 882. The zero-order valence-electron chi connectivity index (χ0n) is 15.8. The number of imide groups is 1. The summed E-state index contributed by atoms with van der Waals surface area (Å²) >= 11 is 0. The second kappa shape index (κ2) is 8.75. The Morgan fingerprint density at radius 3 is 2.39 bits per heavy atom. The van der Waals surface area contributed by atoms with Crippen molar-refractivity contribution in [1.82, 2.24) is 9.80 Å². The number of nitrogens with zero attached hydrogens (tertiary/aromatic N) is 3. The number of carbonyl (C=O) groups is 2. The first-order valence-electron chi connectivity index (χ1n) is 9.42. The summed E-state index contributed by atoms with van der Waals surface area (Å²) in [6, 6.07) is 14.0. The van der Waals surface area contributed by atoms with Crippen LogP contribution >= 0.6 is 0 Å². The molecular formula is C21H23N3O4. The second-order valence-electron chi connectivity index (χ2n) is 6.86. The van der Waals surface area contributed by atoms with E-state index in [0.717, 1.165) is 26.1 Å². The minimum Gasteiger partial charge on any atom is -0.299 e. The lowest BCUT2D eigenvalue weighted by atomic mass is 10.1. The Morgan fingerprint density at radius 2 is 1.71 bits per heavy atom. The third-order valence-corrected chi connectivity index (χ3v) is 4.81. The highest BCUT2D eigenvalue weighted by atomic mass is 16.6. The van der Waals surface area contributed by atoms with E-state index in [1.54, 1.807) is 0 Å². The molecule has 0 saturated carbocycles. The molecule has 0 N–H and O–H groups in total. The van der Waals surface area contributed by atoms with Crippen LogP contribution in [0, 0.1) is 10.1 Å². The van der Waals surface area contributed by atoms with Gasteiger partial charge in [-0.15, -0.1) is 0 Å². The van der Waals surface area contributed by atoms with Crippen LogP contribution in [0.1, 0.15) is 46.0 Å². The standard InChI is InChI=1S/C21H23N3O4/c1-2-11-22(15-16-7-4-3-5-8-16)12-6-13-23-20(25)18-10-9-17(24(27)28)14-19(18)21(23)26/h3-5,7-10,14H,2,6,11-13,15H2,1H3. The highest BCUT2D eigenvalue weighted by molar-refractivity contribution is 6.21. The van der Waals surface area contributed by atoms with Crippen molar-refractivity contribution < 1.29 is 14.5 Å². The van der Waals surface area contributed by atoms with Gasteiger partial charge in [0.2, 0.25) is 0 Å². The van der Waals surface area contributed by atoms with Gasteiger partial charge in [-0.3, -0.25) is 29.5 Å². The smallest absolute Gasteiger partial charge is 0.270 e. The summed E-state index contributed by atoms with van der Waals surface area (Å²) in [5.41, 5.74) is 1.40. The number of hydrogen-bond acceptors (Lipinski definition) is 5. The first-order valence-corrected chi connectivity index (χ1v) is 9.42. The van der Waals surface area contributed by atoms with Crippen molar-refractivity contribution in [3.05, 3.63) is 75.3 Å². The van der Waals surface area contributed by atoms with Gasteiger partial charge in [0, 0.05) is 31.8 Å². The molecule has 146 valence electrons. The summed E-state index contributed by atoms with van der Waals surface area (Å²) in [6.45, 7) is 4.94. The van der Waals surface area contributed by atoms with E-state index in [2.05, 4.69) is 24.0 Å². The molecule has 1 aliphatic heterocycles. The lowest BCUT2D eigenvalue weighted by Crippen LogP contribution is -2.33. The summed E-state index contributed by atoms with van der Waals surface area (Å²) < 4.78 is 0. The number of nitro groups is 1. The van der Waals surface area contributed by atoms with Gasteiger partial charge in [-0.2, -0.15) is 0 Å². The Morgan fingerprint density at radius 1 is 1.00 bits per heavy atom. The fourth-order valence-electron chi connectivity index (χ4n) is 3.48. The molecular weight excluding hydrogens is 358 g/mol. The van der Waals surface area contributed by atoms with E-state index in [-0.39, 0.29) is 22.7 Å². The molecule has 0 bridgehead atoms. The molecule has 0 aromatic heterocycles. The number of benzene rings is 2. The van der Waals surface area contributed by atoms with Crippen LogP contribution in [0.2, 0.25) is 0 Å². The quantitative estimate of drug-likeness (QED) is 0.377. The minimum absolute atomic E-state index is 0.119. The predicted molar refractivity (Wildman–Crippen MR) is 105 cm³/mol. The zero-order valence-corrected chi connectivity index (χ0v) is 15.8. The molecule has 1 heterocycles. The van der Waals surface area contributed by atoms with Crippen molar-refractivity contribution in [3.63, 3.8) is 0 Å². The molecule has 7 heteroatoms. The Hall–Kier alpha value is -3.06. The van der Waals surface area contributed by atoms with Gasteiger partial charge in [0.05, 0.1) is 16.1 Å². The molecule has 7 nitrogen and oxygen atoms in total. The van der Waals surface area contributed by atoms with Crippen LogP contribution in [-0.2, 0) is 6.54 Å². The number of amides is 2. The molecule has 3 rings (SSSR count). The molecule has 0 unspecified atom stereocenters.